The molecular formula is C32H34B2O4S4. The van der Waals surface area contributed by atoms with Gasteiger partial charge in [-0.25, -0.2) is 0 Å². The molecule has 0 saturated carbocycles. The molecule has 0 radical (unpaired) electrons. The van der Waals surface area contributed by atoms with Gasteiger partial charge in [-0.1, -0.05) is 12.1 Å². The highest BCUT2D eigenvalue weighted by Gasteiger charge is 2.53. The molecule has 4 aromatic heterocycles. The average Bonchev–Trinajstić information content (AvgIpc) is 3.72. The van der Waals surface area contributed by atoms with Crippen molar-refractivity contribution < 1.29 is 18.6 Å². The molecule has 42 heavy (non-hydrogen) atoms. The van der Waals surface area contributed by atoms with E-state index >= 15 is 0 Å². The summed E-state index contributed by atoms with van der Waals surface area (Å²) in [7, 11) is -0.659. The summed E-state index contributed by atoms with van der Waals surface area (Å²) in [5.41, 5.74) is -1.35. The molecule has 0 spiro atoms. The number of rotatable bonds is 2. The Labute approximate surface area is 263 Å². The van der Waals surface area contributed by atoms with Gasteiger partial charge in [0.15, 0.2) is 0 Å². The predicted molar refractivity (Wildman–Crippen MR) is 186 cm³/mol. The van der Waals surface area contributed by atoms with Crippen molar-refractivity contribution in [2.45, 2.75) is 77.8 Å². The molecule has 0 amide bonds. The summed E-state index contributed by atoms with van der Waals surface area (Å²) in [6.45, 7) is 16.7. The molecule has 2 aliphatic rings. The fourth-order valence-electron chi connectivity index (χ4n) is 5.27. The average molecular weight is 633 g/mol. The first-order valence-electron chi connectivity index (χ1n) is 14.3. The van der Waals surface area contributed by atoms with Gasteiger partial charge < -0.3 is 18.6 Å². The van der Waals surface area contributed by atoms with Crippen LogP contribution in [0.3, 0.4) is 0 Å². The summed E-state index contributed by atoms with van der Waals surface area (Å²) in [4.78, 5) is 0. The van der Waals surface area contributed by atoms with E-state index < -0.39 is 0 Å². The molecule has 10 heteroatoms. The topological polar surface area (TPSA) is 36.9 Å². The first kappa shape index (κ1) is 29.0. The van der Waals surface area contributed by atoms with Crippen molar-refractivity contribution in [1.29, 1.82) is 0 Å². The molecule has 4 nitrogen and oxygen atoms in total. The molecule has 0 unspecified atom stereocenters. The molecule has 2 aliphatic heterocycles. The van der Waals surface area contributed by atoms with Crippen LogP contribution in [0.5, 0.6) is 0 Å². The van der Waals surface area contributed by atoms with Crippen LogP contribution < -0.4 is 9.55 Å². The van der Waals surface area contributed by atoms with Crippen LogP contribution in [0.2, 0.25) is 0 Å². The van der Waals surface area contributed by atoms with Gasteiger partial charge in [0.25, 0.3) is 0 Å². The van der Waals surface area contributed by atoms with E-state index in [2.05, 4.69) is 115 Å². The third-order valence-electron chi connectivity index (χ3n) is 9.24. The highest BCUT2D eigenvalue weighted by atomic mass is 32.1. The number of benzene rings is 2. The Bertz CT molecular complexity index is 1770. The van der Waals surface area contributed by atoms with E-state index in [-0.39, 0.29) is 36.6 Å². The van der Waals surface area contributed by atoms with Gasteiger partial charge in [-0.05, 0) is 113 Å². The van der Waals surface area contributed by atoms with E-state index in [0.29, 0.717) is 0 Å². The second-order valence-corrected chi connectivity index (χ2v) is 17.2. The van der Waals surface area contributed by atoms with Gasteiger partial charge in [0.2, 0.25) is 0 Å². The zero-order valence-electron chi connectivity index (χ0n) is 25.2. The number of fused-ring (bicyclic) bond motifs is 6. The molecule has 2 saturated heterocycles. The normalized spacial score (nSPS) is 20.7. The highest BCUT2D eigenvalue weighted by Crippen LogP contribution is 2.40. The zero-order valence-corrected chi connectivity index (χ0v) is 28.5. The Morgan fingerprint density at radius 3 is 1.69 bits per heavy atom. The largest absolute Gasteiger partial charge is 0.505 e. The molecule has 6 aromatic rings. The SMILES string of the molecule is CC1(C)OB(c2cc3c(ccc4cc(B5OC(C)(C)C(C)(C)O5)sc43)s2)OC1(C)C.c1cc2c(ccc3ccsc32)s1. The van der Waals surface area contributed by atoms with Crippen molar-refractivity contribution >= 4 is 109 Å². The van der Waals surface area contributed by atoms with Crippen LogP contribution in [0.25, 0.3) is 40.3 Å². The van der Waals surface area contributed by atoms with Crippen molar-refractivity contribution in [1.82, 2.24) is 0 Å². The van der Waals surface area contributed by atoms with Gasteiger partial charge in [0.05, 0.1) is 22.4 Å². The maximum atomic E-state index is 6.28. The first-order chi connectivity index (χ1) is 19.7. The monoisotopic (exact) mass is 632 g/mol. The smallest absolute Gasteiger partial charge is 0.399 e. The molecule has 0 bridgehead atoms. The number of hydrogen-bond acceptors (Lipinski definition) is 8. The lowest BCUT2D eigenvalue weighted by molar-refractivity contribution is 0.00578. The second-order valence-electron chi connectivity index (χ2n) is 13.1. The van der Waals surface area contributed by atoms with E-state index in [9.17, 15) is 0 Å². The molecule has 8 rings (SSSR count). The Morgan fingerprint density at radius 1 is 0.500 bits per heavy atom. The molecule has 216 valence electrons. The minimum atomic E-state index is -0.338. The summed E-state index contributed by atoms with van der Waals surface area (Å²) >= 11 is 7.14. The predicted octanol–water partition coefficient (Wildman–Crippen LogP) is 8.83. The van der Waals surface area contributed by atoms with Crippen LogP contribution in [0.15, 0.2) is 59.3 Å². The van der Waals surface area contributed by atoms with Crippen molar-refractivity contribution in [3.8, 4) is 0 Å². The van der Waals surface area contributed by atoms with Gasteiger partial charge in [-0.15, -0.1) is 45.3 Å². The first-order valence-corrected chi connectivity index (χ1v) is 17.6. The summed E-state index contributed by atoms with van der Waals surface area (Å²) < 4.78 is 32.6. The number of hydrogen-bond donors (Lipinski definition) is 0. The van der Waals surface area contributed by atoms with Gasteiger partial charge >= 0.3 is 14.2 Å². The van der Waals surface area contributed by atoms with Crippen LogP contribution in [0, 0.1) is 0 Å². The van der Waals surface area contributed by atoms with Crippen LogP contribution in [0.4, 0.5) is 0 Å². The lowest BCUT2D eigenvalue weighted by Gasteiger charge is -2.32. The fraction of sp³-hybridized carbons (Fsp3) is 0.375. The maximum absolute atomic E-state index is 6.28. The van der Waals surface area contributed by atoms with Crippen molar-refractivity contribution in [3.63, 3.8) is 0 Å². The summed E-state index contributed by atoms with van der Waals surface area (Å²) in [6.07, 6.45) is 0. The maximum Gasteiger partial charge on any atom is 0.505 e. The highest BCUT2D eigenvalue weighted by molar-refractivity contribution is 7.31. The minimum Gasteiger partial charge on any atom is -0.399 e. The molecule has 2 aromatic carbocycles. The van der Waals surface area contributed by atoms with Crippen LogP contribution in [-0.2, 0) is 18.6 Å². The van der Waals surface area contributed by atoms with Crippen molar-refractivity contribution in [3.05, 3.63) is 59.3 Å². The molecule has 0 atom stereocenters. The summed E-state index contributed by atoms with van der Waals surface area (Å²) in [5, 5.41) is 9.55. The Kier molecular flexibility index (Phi) is 6.82. The Morgan fingerprint density at radius 2 is 1.05 bits per heavy atom. The molecule has 0 N–H and O–H groups in total. The van der Waals surface area contributed by atoms with Gasteiger partial charge in [0, 0.05) is 39.1 Å². The molecule has 0 aliphatic carbocycles. The summed E-state index contributed by atoms with van der Waals surface area (Å²) in [6, 6.07) is 17.6. The van der Waals surface area contributed by atoms with Crippen molar-refractivity contribution in [2.24, 2.45) is 0 Å². The van der Waals surface area contributed by atoms with E-state index in [1.165, 1.54) is 40.3 Å². The lowest BCUT2D eigenvalue weighted by atomic mass is 9.87. The van der Waals surface area contributed by atoms with Gasteiger partial charge in [0.1, 0.15) is 0 Å². The molecular weight excluding hydrogens is 598 g/mol. The third kappa shape index (κ3) is 4.70. The van der Waals surface area contributed by atoms with Crippen LogP contribution in [-0.4, -0.2) is 36.6 Å². The number of thiophene rings is 4. The van der Waals surface area contributed by atoms with E-state index in [0.717, 1.165) is 9.55 Å². The Hall–Kier alpha value is -1.75. The van der Waals surface area contributed by atoms with E-state index in [1.807, 2.05) is 22.7 Å². The van der Waals surface area contributed by atoms with E-state index in [1.54, 1.807) is 22.7 Å². The van der Waals surface area contributed by atoms with Crippen LogP contribution >= 0.6 is 45.3 Å². The van der Waals surface area contributed by atoms with E-state index in [4.69, 9.17) is 18.6 Å². The molecule has 2 fully saturated rings. The fourth-order valence-corrected chi connectivity index (χ4v) is 9.29. The zero-order chi connectivity index (χ0) is 29.7. The Balaban J connectivity index is 0.000000198. The minimum absolute atomic E-state index is 0.329. The third-order valence-corrected chi connectivity index (χ3v) is 13.4. The van der Waals surface area contributed by atoms with Crippen molar-refractivity contribution in [2.75, 3.05) is 0 Å². The van der Waals surface area contributed by atoms with Crippen LogP contribution in [0.1, 0.15) is 55.4 Å². The lowest BCUT2D eigenvalue weighted by Crippen LogP contribution is -2.41. The second kappa shape index (κ2) is 9.88. The van der Waals surface area contributed by atoms with Gasteiger partial charge in [-0.3, -0.25) is 0 Å². The standard InChI is InChI=1S/C22H28B2O4S2.C10H6S2/c1-19(2)20(3,4)26-23(25-19)16-11-13-9-10-15-14(18(13)30-16)12-17(29-15)24-27-21(5,6)22(7,8)28-24;1-2-9-8(4-6-11-9)10-7(1)3-5-12-10/h9-12H,1-8H3;1-6H. The van der Waals surface area contributed by atoms with Gasteiger partial charge in [-0.2, -0.15) is 0 Å². The summed E-state index contributed by atoms with van der Waals surface area (Å²) in [5.74, 6) is 0. The quantitative estimate of drug-likeness (QED) is 0.179. The molecule has 6 heterocycles.